The number of hydrogen-bond acceptors (Lipinski definition) is 3. The van der Waals surface area contributed by atoms with Crippen molar-refractivity contribution in [1.82, 2.24) is 8.61 Å². The molecule has 0 amide bonds. The monoisotopic (exact) mass is 284 g/mol. The summed E-state index contributed by atoms with van der Waals surface area (Å²) in [6.45, 7) is 0.523. The molecule has 2 rings (SSSR count). The molecule has 104 valence electrons. The molecule has 0 unspecified atom stereocenters. The number of carboxylic acids is 1. The maximum atomic E-state index is 12.0. The van der Waals surface area contributed by atoms with E-state index in [0.717, 1.165) is 11.1 Å². The molecule has 0 atom stereocenters. The first-order chi connectivity index (χ1) is 8.84. The lowest BCUT2D eigenvalue weighted by molar-refractivity contribution is 0.0695. The Balaban J connectivity index is 2.37. The second-order valence-electron chi connectivity index (χ2n) is 4.62. The Hall–Kier alpha value is -1.44. The number of benzene rings is 1. The van der Waals surface area contributed by atoms with Gasteiger partial charge in [0, 0.05) is 27.2 Å². The average Bonchev–Trinajstić information content (AvgIpc) is 2.36. The second-order valence-corrected chi connectivity index (χ2v) is 6.76. The largest absolute Gasteiger partial charge is 0.478 e. The van der Waals surface area contributed by atoms with Gasteiger partial charge in [-0.25, -0.2) is 4.79 Å². The van der Waals surface area contributed by atoms with Crippen LogP contribution in [-0.4, -0.2) is 48.7 Å². The summed E-state index contributed by atoms with van der Waals surface area (Å²) in [7, 11) is -0.487. The fourth-order valence-electron chi connectivity index (χ4n) is 2.21. The van der Waals surface area contributed by atoms with Crippen LogP contribution in [0.25, 0.3) is 0 Å². The summed E-state index contributed by atoms with van der Waals surface area (Å²) in [6.07, 6.45) is 0.422. The molecular weight excluding hydrogens is 268 g/mol. The van der Waals surface area contributed by atoms with E-state index in [9.17, 15) is 13.2 Å². The predicted octanol–water partition coefficient (Wildman–Crippen LogP) is 0.549. The first-order valence-electron chi connectivity index (χ1n) is 5.85. The molecule has 1 heterocycles. The van der Waals surface area contributed by atoms with Crippen LogP contribution in [0.5, 0.6) is 0 Å². The molecule has 0 saturated carbocycles. The Bertz CT molecular complexity index is 610. The zero-order valence-electron chi connectivity index (χ0n) is 10.8. The topological polar surface area (TPSA) is 77.9 Å². The van der Waals surface area contributed by atoms with Gasteiger partial charge in [-0.2, -0.15) is 17.0 Å². The molecule has 6 nitrogen and oxygen atoms in total. The number of nitrogens with zero attached hydrogens (tertiary/aromatic N) is 2. The summed E-state index contributed by atoms with van der Waals surface area (Å²) in [5, 5.41) is 9.11. The molecule has 7 heteroatoms. The van der Waals surface area contributed by atoms with Gasteiger partial charge in [0.1, 0.15) is 0 Å². The standard InChI is InChI=1S/C12H16N2O4S/c1-13(2)19(17,18)14-7-6-10-9(8-14)4-3-5-11(10)12(15)16/h3-5H,6-8H2,1-2H3,(H,15,16). The third kappa shape index (κ3) is 2.49. The van der Waals surface area contributed by atoms with E-state index in [1.807, 2.05) is 0 Å². The molecule has 0 radical (unpaired) electrons. The molecule has 0 saturated heterocycles. The normalized spacial score (nSPS) is 16.4. The lowest BCUT2D eigenvalue weighted by atomic mass is 9.95. The summed E-state index contributed by atoms with van der Waals surface area (Å²) < 4.78 is 26.6. The zero-order chi connectivity index (χ0) is 14.2. The van der Waals surface area contributed by atoms with Crippen molar-refractivity contribution in [3.8, 4) is 0 Å². The summed E-state index contributed by atoms with van der Waals surface area (Å²) in [5.74, 6) is -0.972. The number of rotatable bonds is 3. The van der Waals surface area contributed by atoms with Crippen molar-refractivity contribution in [3.05, 3.63) is 34.9 Å². The van der Waals surface area contributed by atoms with Gasteiger partial charge in [0.2, 0.25) is 0 Å². The van der Waals surface area contributed by atoms with Gasteiger partial charge in [-0.15, -0.1) is 0 Å². The van der Waals surface area contributed by atoms with Crippen LogP contribution in [0.4, 0.5) is 0 Å². The molecule has 0 aliphatic carbocycles. The van der Waals surface area contributed by atoms with Crippen LogP contribution in [0.2, 0.25) is 0 Å². The van der Waals surface area contributed by atoms with E-state index >= 15 is 0 Å². The van der Waals surface area contributed by atoms with Gasteiger partial charge < -0.3 is 5.11 Å². The fourth-order valence-corrected chi connectivity index (χ4v) is 3.30. The van der Waals surface area contributed by atoms with E-state index in [1.165, 1.54) is 22.7 Å². The van der Waals surface area contributed by atoms with Gasteiger partial charge in [-0.1, -0.05) is 12.1 Å². The molecule has 1 aromatic carbocycles. The Morgan fingerprint density at radius 3 is 2.63 bits per heavy atom. The highest BCUT2D eigenvalue weighted by molar-refractivity contribution is 7.86. The molecule has 1 aliphatic rings. The van der Waals surface area contributed by atoms with Gasteiger partial charge in [0.25, 0.3) is 10.2 Å². The number of fused-ring (bicyclic) bond motifs is 1. The average molecular weight is 284 g/mol. The van der Waals surface area contributed by atoms with E-state index in [2.05, 4.69) is 0 Å². The maximum absolute atomic E-state index is 12.0. The van der Waals surface area contributed by atoms with Gasteiger partial charge in [0.15, 0.2) is 0 Å². The van der Waals surface area contributed by atoms with Crippen LogP contribution in [0.1, 0.15) is 21.5 Å². The Morgan fingerprint density at radius 2 is 2.05 bits per heavy atom. The van der Waals surface area contributed by atoms with E-state index in [1.54, 1.807) is 18.2 Å². The minimum atomic E-state index is -3.46. The summed E-state index contributed by atoms with van der Waals surface area (Å²) in [5.41, 5.74) is 1.76. The quantitative estimate of drug-likeness (QED) is 0.879. The van der Waals surface area contributed by atoms with Gasteiger partial charge >= 0.3 is 5.97 Å². The van der Waals surface area contributed by atoms with Crippen molar-refractivity contribution < 1.29 is 18.3 Å². The van der Waals surface area contributed by atoms with Crippen molar-refractivity contribution in [2.45, 2.75) is 13.0 Å². The molecular formula is C12H16N2O4S. The lowest BCUT2D eigenvalue weighted by Gasteiger charge is -2.30. The van der Waals surface area contributed by atoms with Crippen LogP contribution >= 0.6 is 0 Å². The van der Waals surface area contributed by atoms with E-state index in [-0.39, 0.29) is 12.1 Å². The Morgan fingerprint density at radius 1 is 1.37 bits per heavy atom. The van der Waals surface area contributed by atoms with Crippen LogP contribution in [0.15, 0.2) is 18.2 Å². The van der Waals surface area contributed by atoms with Crippen molar-refractivity contribution in [3.63, 3.8) is 0 Å². The first-order valence-corrected chi connectivity index (χ1v) is 7.25. The maximum Gasteiger partial charge on any atom is 0.335 e. The number of hydrogen-bond donors (Lipinski definition) is 1. The zero-order valence-corrected chi connectivity index (χ0v) is 11.6. The lowest BCUT2D eigenvalue weighted by Crippen LogP contribution is -2.43. The molecule has 0 aromatic heterocycles. The van der Waals surface area contributed by atoms with Crippen molar-refractivity contribution >= 4 is 16.2 Å². The molecule has 0 spiro atoms. The number of aromatic carboxylic acids is 1. The highest BCUT2D eigenvalue weighted by atomic mass is 32.2. The van der Waals surface area contributed by atoms with Crippen LogP contribution in [0.3, 0.4) is 0 Å². The van der Waals surface area contributed by atoms with Crippen LogP contribution < -0.4 is 0 Å². The van der Waals surface area contributed by atoms with Crippen LogP contribution in [0, 0.1) is 0 Å². The Kier molecular flexibility index (Phi) is 3.62. The first kappa shape index (κ1) is 14.0. The highest BCUT2D eigenvalue weighted by Crippen LogP contribution is 2.24. The summed E-state index contributed by atoms with van der Waals surface area (Å²) in [4.78, 5) is 11.1. The predicted molar refractivity (Wildman–Crippen MR) is 70.1 cm³/mol. The second kappa shape index (κ2) is 4.92. The third-order valence-electron chi connectivity index (χ3n) is 3.25. The minimum absolute atomic E-state index is 0.219. The van der Waals surface area contributed by atoms with Gasteiger partial charge in [-0.3, -0.25) is 0 Å². The smallest absolute Gasteiger partial charge is 0.335 e. The van der Waals surface area contributed by atoms with Gasteiger partial charge in [0.05, 0.1) is 5.56 Å². The molecule has 1 N–H and O–H groups in total. The molecule has 0 fully saturated rings. The number of carbonyl (C=O) groups is 1. The van der Waals surface area contributed by atoms with E-state index in [4.69, 9.17) is 5.11 Å². The Labute approximate surface area is 112 Å². The molecule has 1 aliphatic heterocycles. The van der Waals surface area contributed by atoms with Crippen molar-refractivity contribution in [2.24, 2.45) is 0 Å². The fraction of sp³-hybridized carbons (Fsp3) is 0.417. The van der Waals surface area contributed by atoms with Crippen LogP contribution in [-0.2, 0) is 23.2 Å². The molecule has 0 bridgehead atoms. The highest BCUT2D eigenvalue weighted by Gasteiger charge is 2.29. The van der Waals surface area contributed by atoms with E-state index < -0.39 is 16.2 Å². The molecule has 19 heavy (non-hydrogen) atoms. The van der Waals surface area contributed by atoms with Crippen molar-refractivity contribution in [1.29, 1.82) is 0 Å². The summed E-state index contributed by atoms with van der Waals surface area (Å²) >= 11 is 0. The van der Waals surface area contributed by atoms with Crippen molar-refractivity contribution in [2.75, 3.05) is 20.6 Å². The minimum Gasteiger partial charge on any atom is -0.478 e. The third-order valence-corrected chi connectivity index (χ3v) is 5.14. The van der Waals surface area contributed by atoms with Gasteiger partial charge in [-0.05, 0) is 23.6 Å². The number of carboxylic acid groups (broad SMARTS) is 1. The van der Waals surface area contributed by atoms with E-state index in [0.29, 0.717) is 13.0 Å². The molecule has 1 aromatic rings. The summed E-state index contributed by atoms with van der Waals surface area (Å²) in [6, 6.07) is 4.98. The SMILES string of the molecule is CN(C)S(=O)(=O)N1CCc2c(cccc2C(=O)O)C1.